The predicted octanol–water partition coefficient (Wildman–Crippen LogP) is 8.58. The molecule has 0 aliphatic rings. The van der Waals surface area contributed by atoms with Crippen molar-refractivity contribution < 1.29 is 42.7 Å². The fourth-order valence-electron chi connectivity index (χ4n) is 4.35. The monoisotopic (exact) mass is 673 g/mol. The Morgan fingerprint density at radius 2 is 1.20 bits per heavy atom. The number of allylic oxidation sites excluding steroid dienone is 6. The Morgan fingerprint density at radius 1 is 0.696 bits per heavy atom. The van der Waals surface area contributed by atoms with Crippen LogP contribution in [0.4, 0.5) is 0 Å². The number of rotatable bonds is 33. The van der Waals surface area contributed by atoms with Gasteiger partial charge in [-0.05, 0) is 57.8 Å². The number of carboxylic acid groups (broad SMARTS) is 1. The molecule has 0 amide bonds. The van der Waals surface area contributed by atoms with Crippen molar-refractivity contribution in [3.05, 3.63) is 36.5 Å². The van der Waals surface area contributed by atoms with Crippen LogP contribution < -0.4 is 5.73 Å². The lowest BCUT2D eigenvalue weighted by Gasteiger charge is -2.20. The molecule has 3 atom stereocenters. The summed E-state index contributed by atoms with van der Waals surface area (Å²) in [4.78, 5) is 33.2. The van der Waals surface area contributed by atoms with Gasteiger partial charge in [-0.3, -0.25) is 18.6 Å². The lowest BCUT2D eigenvalue weighted by Crippen LogP contribution is -2.34. The van der Waals surface area contributed by atoms with Gasteiger partial charge in [0.25, 0.3) is 0 Å². The molecule has 0 aliphatic heterocycles. The molecule has 0 fully saturated rings. The maximum Gasteiger partial charge on any atom is 0.472 e. The van der Waals surface area contributed by atoms with E-state index in [4.69, 9.17) is 24.8 Å². The van der Waals surface area contributed by atoms with Crippen LogP contribution >= 0.6 is 7.82 Å². The number of phosphoric ester groups is 1. The minimum Gasteiger partial charge on any atom is -0.480 e. The zero-order chi connectivity index (χ0) is 34.1. The molecular formula is C35H64NO9P. The fraction of sp³-hybridized carbons (Fsp3) is 0.771. The number of nitrogens with two attached hydrogens (primary N) is 1. The van der Waals surface area contributed by atoms with Gasteiger partial charge in [0.15, 0.2) is 0 Å². The molecule has 0 aromatic heterocycles. The highest BCUT2D eigenvalue weighted by atomic mass is 31.2. The molecule has 11 heteroatoms. The summed E-state index contributed by atoms with van der Waals surface area (Å²) in [7, 11) is -4.61. The van der Waals surface area contributed by atoms with Crippen molar-refractivity contribution in [2.24, 2.45) is 5.73 Å². The second-order valence-corrected chi connectivity index (χ2v) is 13.1. The molecule has 0 bridgehead atoms. The van der Waals surface area contributed by atoms with Crippen LogP contribution in [-0.2, 0) is 32.7 Å². The van der Waals surface area contributed by atoms with Gasteiger partial charge in [0.05, 0.1) is 19.8 Å². The predicted molar refractivity (Wildman–Crippen MR) is 185 cm³/mol. The molecular weight excluding hydrogens is 609 g/mol. The summed E-state index contributed by atoms with van der Waals surface area (Å²) in [6.07, 6.45) is 32.0. The quantitative estimate of drug-likeness (QED) is 0.0267. The smallest absolute Gasteiger partial charge is 0.472 e. The molecule has 46 heavy (non-hydrogen) atoms. The maximum atomic E-state index is 12.5. The van der Waals surface area contributed by atoms with E-state index in [9.17, 15) is 19.0 Å². The first-order chi connectivity index (χ1) is 22.2. The summed E-state index contributed by atoms with van der Waals surface area (Å²) in [5.41, 5.74) is 5.32. The summed E-state index contributed by atoms with van der Waals surface area (Å²) in [6.45, 7) is 3.69. The minimum absolute atomic E-state index is 0.00585. The summed E-state index contributed by atoms with van der Waals surface area (Å²) >= 11 is 0. The Bertz CT molecular complexity index is 878. The molecule has 0 aromatic rings. The van der Waals surface area contributed by atoms with Gasteiger partial charge >= 0.3 is 19.8 Å². The number of ether oxygens (including phenoxy) is 2. The standard InChI is InChI=1S/C35H64NO9P/c1-3-5-7-9-11-13-15-16-17-18-20-22-24-26-28-42-29-32(30-43-46(40,41)44-31-33(36)35(38)39)45-34(37)27-25-23-21-19-14-12-10-8-6-4-2/h7-10,13,15,32-33H,3-6,11-12,14,16-31,36H2,1-2H3,(H,38,39)(H,40,41)/b9-7-,10-8-,15-13-. The zero-order valence-corrected chi connectivity index (χ0v) is 29.6. The van der Waals surface area contributed by atoms with Crippen molar-refractivity contribution in [1.82, 2.24) is 0 Å². The van der Waals surface area contributed by atoms with Gasteiger partial charge in [0.2, 0.25) is 0 Å². The second-order valence-electron chi connectivity index (χ2n) is 11.6. The summed E-state index contributed by atoms with van der Waals surface area (Å²) in [6, 6.07) is -1.47. The topological polar surface area (TPSA) is 155 Å². The molecule has 3 unspecified atom stereocenters. The molecule has 0 aliphatic carbocycles. The highest BCUT2D eigenvalue weighted by Gasteiger charge is 2.27. The number of carbonyl (C=O) groups is 2. The molecule has 10 nitrogen and oxygen atoms in total. The van der Waals surface area contributed by atoms with E-state index >= 15 is 0 Å². The van der Waals surface area contributed by atoms with Crippen molar-refractivity contribution in [2.45, 2.75) is 148 Å². The average Bonchev–Trinajstić information content (AvgIpc) is 3.03. The number of hydrogen-bond acceptors (Lipinski definition) is 8. The van der Waals surface area contributed by atoms with Crippen molar-refractivity contribution in [3.8, 4) is 0 Å². The average molecular weight is 674 g/mol. The van der Waals surface area contributed by atoms with E-state index < -0.39 is 45.1 Å². The van der Waals surface area contributed by atoms with Gasteiger partial charge in [-0.1, -0.05) is 108 Å². The van der Waals surface area contributed by atoms with E-state index in [0.29, 0.717) is 13.0 Å². The van der Waals surface area contributed by atoms with Crippen LogP contribution in [0.15, 0.2) is 36.5 Å². The number of carboxylic acids is 1. The van der Waals surface area contributed by atoms with Crippen LogP contribution in [-0.4, -0.2) is 60.5 Å². The maximum absolute atomic E-state index is 12.5. The zero-order valence-electron chi connectivity index (χ0n) is 28.7. The fourth-order valence-corrected chi connectivity index (χ4v) is 5.13. The van der Waals surface area contributed by atoms with Crippen molar-refractivity contribution in [3.63, 3.8) is 0 Å². The number of hydrogen-bond donors (Lipinski definition) is 3. The van der Waals surface area contributed by atoms with E-state index in [2.05, 4.69) is 54.8 Å². The number of esters is 1. The lowest BCUT2D eigenvalue weighted by molar-refractivity contribution is -0.154. The SMILES string of the molecule is CCC/C=C\C/C=C\CCCCCCCCOCC(COP(=O)(O)OCC(N)C(=O)O)OC(=O)CCCCCCC/C=C\CCC. The molecule has 268 valence electrons. The highest BCUT2D eigenvalue weighted by Crippen LogP contribution is 2.43. The van der Waals surface area contributed by atoms with Crippen LogP contribution in [0.2, 0.25) is 0 Å². The normalized spacial score (nSPS) is 14.7. The largest absolute Gasteiger partial charge is 0.480 e. The third kappa shape index (κ3) is 30.8. The van der Waals surface area contributed by atoms with E-state index in [1.807, 2.05) is 0 Å². The Balaban J connectivity index is 4.36. The Labute approximate surface area is 278 Å². The molecule has 0 rings (SSSR count). The van der Waals surface area contributed by atoms with Crippen LogP contribution in [0.1, 0.15) is 136 Å². The minimum atomic E-state index is -4.61. The summed E-state index contributed by atoms with van der Waals surface area (Å²) < 4.78 is 33.1. The number of carbonyl (C=O) groups excluding carboxylic acids is 1. The van der Waals surface area contributed by atoms with E-state index in [1.165, 1.54) is 25.7 Å². The molecule has 0 heterocycles. The third-order valence-electron chi connectivity index (χ3n) is 7.10. The first-order valence-electron chi connectivity index (χ1n) is 17.5. The highest BCUT2D eigenvalue weighted by molar-refractivity contribution is 7.47. The summed E-state index contributed by atoms with van der Waals surface area (Å²) in [5, 5.41) is 8.84. The van der Waals surface area contributed by atoms with Gasteiger partial charge in [-0.15, -0.1) is 0 Å². The van der Waals surface area contributed by atoms with Crippen LogP contribution in [0.5, 0.6) is 0 Å². The van der Waals surface area contributed by atoms with Gasteiger partial charge in [0.1, 0.15) is 12.1 Å². The van der Waals surface area contributed by atoms with Gasteiger partial charge < -0.3 is 25.2 Å². The van der Waals surface area contributed by atoms with Gasteiger partial charge in [-0.25, -0.2) is 4.57 Å². The summed E-state index contributed by atoms with van der Waals surface area (Å²) in [5.74, 6) is -1.80. The van der Waals surface area contributed by atoms with Crippen LogP contribution in [0.25, 0.3) is 0 Å². The first kappa shape index (κ1) is 44.2. The van der Waals surface area contributed by atoms with Crippen molar-refractivity contribution in [2.75, 3.05) is 26.4 Å². The van der Waals surface area contributed by atoms with E-state index in [-0.39, 0.29) is 13.0 Å². The number of aliphatic carboxylic acids is 1. The van der Waals surface area contributed by atoms with Crippen molar-refractivity contribution >= 4 is 19.8 Å². The van der Waals surface area contributed by atoms with Crippen molar-refractivity contribution in [1.29, 1.82) is 0 Å². The Kier molecular flexibility index (Phi) is 30.5. The molecule has 0 spiro atoms. The molecule has 0 aromatic carbocycles. The lowest BCUT2D eigenvalue weighted by atomic mass is 10.1. The molecule has 0 saturated carbocycles. The number of phosphoric acid groups is 1. The van der Waals surface area contributed by atoms with Crippen LogP contribution in [0, 0.1) is 0 Å². The molecule has 4 N–H and O–H groups in total. The van der Waals surface area contributed by atoms with E-state index in [0.717, 1.165) is 83.5 Å². The molecule has 0 saturated heterocycles. The third-order valence-corrected chi connectivity index (χ3v) is 8.05. The first-order valence-corrected chi connectivity index (χ1v) is 19.0. The number of unbranched alkanes of at least 4 members (excludes halogenated alkanes) is 13. The Hall–Kier alpha value is -1.81. The Morgan fingerprint density at radius 3 is 1.80 bits per heavy atom. The molecule has 0 radical (unpaired) electrons. The van der Waals surface area contributed by atoms with Crippen LogP contribution in [0.3, 0.4) is 0 Å². The van der Waals surface area contributed by atoms with E-state index in [1.54, 1.807) is 0 Å². The van der Waals surface area contributed by atoms with Gasteiger partial charge in [0, 0.05) is 13.0 Å². The second kappa shape index (κ2) is 31.8. The van der Waals surface area contributed by atoms with Gasteiger partial charge in [-0.2, -0.15) is 0 Å².